The van der Waals surface area contributed by atoms with Crippen molar-refractivity contribution in [1.29, 1.82) is 0 Å². The number of halogens is 1. The van der Waals surface area contributed by atoms with Crippen LogP contribution >= 0.6 is 11.6 Å². The van der Waals surface area contributed by atoms with Gasteiger partial charge in [0.2, 0.25) is 5.91 Å². The second kappa shape index (κ2) is 16.3. The van der Waals surface area contributed by atoms with Gasteiger partial charge in [-0.25, -0.2) is 4.79 Å². The van der Waals surface area contributed by atoms with Crippen LogP contribution in [-0.4, -0.2) is 75.7 Å². The summed E-state index contributed by atoms with van der Waals surface area (Å²) in [7, 11) is 0. The fraction of sp³-hybridized carbons (Fsp3) is 0.846. The van der Waals surface area contributed by atoms with Gasteiger partial charge in [-0.3, -0.25) is 4.79 Å². The summed E-state index contributed by atoms with van der Waals surface area (Å²) in [5, 5.41) is 13.2. The third kappa shape index (κ3) is 17.0. The molecule has 22 heavy (non-hydrogen) atoms. The van der Waals surface area contributed by atoms with Crippen LogP contribution in [0.4, 0.5) is 4.79 Å². The van der Waals surface area contributed by atoms with E-state index in [0.29, 0.717) is 59.2 Å². The summed E-state index contributed by atoms with van der Waals surface area (Å²) >= 11 is 5.33. The monoisotopic (exact) mass is 340 g/mol. The van der Waals surface area contributed by atoms with Gasteiger partial charge in [-0.1, -0.05) is 0 Å². The molecule has 0 aromatic rings. The maximum Gasteiger partial charge on any atom is 0.404 e. The van der Waals surface area contributed by atoms with E-state index in [1.807, 2.05) is 0 Å². The molecule has 0 aromatic carbocycles. The lowest BCUT2D eigenvalue weighted by molar-refractivity contribution is -0.118. The van der Waals surface area contributed by atoms with Gasteiger partial charge >= 0.3 is 6.09 Å². The molecule has 0 aromatic heterocycles. The maximum absolute atomic E-state index is 10.8. The number of rotatable bonds is 15. The molecule has 0 aliphatic heterocycles. The standard InChI is InChI=1S/C13H25ClN2O6/c14-11-12(17)15-3-1-5-20-7-9-22-10-8-21-6-2-4-16-13(18)19/h16H,1-11H2,(H,15,17)(H,18,19). The number of carboxylic acid groups (broad SMARTS) is 1. The third-order valence-electron chi connectivity index (χ3n) is 2.39. The maximum atomic E-state index is 10.8. The van der Waals surface area contributed by atoms with Crippen LogP contribution in [-0.2, 0) is 19.0 Å². The minimum atomic E-state index is -1.02. The van der Waals surface area contributed by atoms with Crippen LogP contribution in [0.2, 0.25) is 0 Å². The summed E-state index contributed by atoms with van der Waals surface area (Å²) in [5.41, 5.74) is 0. The lowest BCUT2D eigenvalue weighted by Gasteiger charge is -2.07. The molecule has 0 atom stereocenters. The highest BCUT2D eigenvalue weighted by Gasteiger charge is 1.97. The van der Waals surface area contributed by atoms with E-state index in [1.54, 1.807) is 0 Å². The summed E-state index contributed by atoms with van der Waals surface area (Å²) in [6.45, 7) is 3.91. The molecule has 0 saturated heterocycles. The summed E-state index contributed by atoms with van der Waals surface area (Å²) in [6, 6.07) is 0. The highest BCUT2D eigenvalue weighted by Crippen LogP contribution is 1.86. The molecule has 0 aliphatic carbocycles. The van der Waals surface area contributed by atoms with Crippen molar-refractivity contribution in [2.24, 2.45) is 0 Å². The summed E-state index contributed by atoms with van der Waals surface area (Å²) < 4.78 is 15.9. The topological polar surface area (TPSA) is 106 Å². The van der Waals surface area contributed by atoms with Gasteiger partial charge in [0.05, 0.1) is 26.4 Å². The van der Waals surface area contributed by atoms with E-state index >= 15 is 0 Å². The van der Waals surface area contributed by atoms with Crippen molar-refractivity contribution >= 4 is 23.6 Å². The predicted octanol–water partition coefficient (Wildman–Crippen LogP) is 0.439. The summed E-state index contributed by atoms with van der Waals surface area (Å²) in [4.78, 5) is 21.0. The van der Waals surface area contributed by atoms with Crippen molar-refractivity contribution in [3.05, 3.63) is 0 Å². The number of hydrogen-bond donors (Lipinski definition) is 3. The minimum absolute atomic E-state index is 0.0210. The Labute approximate surface area is 135 Å². The molecule has 0 fully saturated rings. The first kappa shape index (κ1) is 20.9. The number of alkyl halides is 1. The SMILES string of the molecule is O=C(O)NCCCOCCOCCOCCCNC(=O)CCl. The molecular weight excluding hydrogens is 316 g/mol. The van der Waals surface area contributed by atoms with Crippen molar-refractivity contribution in [2.45, 2.75) is 12.8 Å². The Bertz CT molecular complexity index is 294. The Morgan fingerprint density at radius 2 is 1.27 bits per heavy atom. The molecule has 0 bridgehead atoms. The molecule has 0 spiro atoms. The smallest absolute Gasteiger partial charge is 0.404 e. The molecule has 0 unspecified atom stereocenters. The van der Waals surface area contributed by atoms with Crippen LogP contribution in [0.5, 0.6) is 0 Å². The lowest BCUT2D eigenvalue weighted by atomic mass is 10.4. The first-order valence-corrected chi connectivity index (χ1v) is 7.73. The summed E-state index contributed by atoms with van der Waals surface area (Å²) in [6.07, 6.45) is 0.343. The molecule has 8 nitrogen and oxygen atoms in total. The van der Waals surface area contributed by atoms with Crippen molar-refractivity contribution in [2.75, 3.05) is 58.6 Å². The predicted molar refractivity (Wildman–Crippen MR) is 81.4 cm³/mol. The van der Waals surface area contributed by atoms with Gasteiger partial charge in [-0.05, 0) is 12.8 Å². The van der Waals surface area contributed by atoms with Crippen molar-refractivity contribution in [3.63, 3.8) is 0 Å². The molecule has 0 rings (SSSR count). The van der Waals surface area contributed by atoms with Crippen molar-refractivity contribution < 1.29 is 28.9 Å². The van der Waals surface area contributed by atoms with E-state index in [4.69, 9.17) is 30.9 Å². The average molecular weight is 341 g/mol. The number of hydrogen-bond acceptors (Lipinski definition) is 5. The Balaban J connectivity index is 3.02. The van der Waals surface area contributed by atoms with Gasteiger partial charge in [0.1, 0.15) is 5.88 Å². The third-order valence-corrected chi connectivity index (χ3v) is 2.64. The zero-order valence-electron chi connectivity index (χ0n) is 12.6. The van der Waals surface area contributed by atoms with Gasteiger partial charge in [-0.2, -0.15) is 0 Å². The highest BCUT2D eigenvalue weighted by molar-refractivity contribution is 6.27. The number of carbonyl (C=O) groups excluding carboxylic acids is 1. The quantitative estimate of drug-likeness (QED) is 0.295. The van der Waals surface area contributed by atoms with E-state index in [9.17, 15) is 9.59 Å². The highest BCUT2D eigenvalue weighted by atomic mass is 35.5. The molecule has 130 valence electrons. The first-order chi connectivity index (χ1) is 10.7. The molecule has 2 amide bonds. The number of ether oxygens (including phenoxy) is 3. The largest absolute Gasteiger partial charge is 0.465 e. The molecule has 0 saturated carbocycles. The van der Waals surface area contributed by atoms with Crippen LogP contribution in [0, 0.1) is 0 Å². The second-order valence-electron chi connectivity index (χ2n) is 4.26. The van der Waals surface area contributed by atoms with E-state index < -0.39 is 6.09 Å². The van der Waals surface area contributed by atoms with Gasteiger partial charge in [0.25, 0.3) is 0 Å². The Hall–Kier alpha value is -1.09. The van der Waals surface area contributed by atoms with Gasteiger partial charge in [0.15, 0.2) is 0 Å². The van der Waals surface area contributed by atoms with E-state index in [-0.39, 0.29) is 11.8 Å². The normalized spacial score (nSPS) is 10.4. The van der Waals surface area contributed by atoms with Crippen LogP contribution < -0.4 is 10.6 Å². The van der Waals surface area contributed by atoms with Gasteiger partial charge in [-0.15, -0.1) is 11.6 Å². The summed E-state index contributed by atoms with van der Waals surface area (Å²) in [5.74, 6) is -0.198. The molecule has 0 radical (unpaired) electrons. The Morgan fingerprint density at radius 3 is 1.73 bits per heavy atom. The van der Waals surface area contributed by atoms with Crippen LogP contribution in [0.25, 0.3) is 0 Å². The number of amides is 2. The average Bonchev–Trinajstić information content (AvgIpc) is 2.50. The molecule has 3 N–H and O–H groups in total. The minimum Gasteiger partial charge on any atom is -0.465 e. The van der Waals surface area contributed by atoms with E-state index in [2.05, 4.69) is 10.6 Å². The Kier molecular flexibility index (Phi) is 15.5. The van der Waals surface area contributed by atoms with E-state index in [1.165, 1.54) is 0 Å². The van der Waals surface area contributed by atoms with Crippen molar-refractivity contribution in [1.82, 2.24) is 10.6 Å². The number of carbonyl (C=O) groups is 2. The fourth-order valence-electron chi connectivity index (χ4n) is 1.36. The zero-order valence-corrected chi connectivity index (χ0v) is 13.4. The molecule has 0 heterocycles. The van der Waals surface area contributed by atoms with Gasteiger partial charge in [0, 0.05) is 26.3 Å². The van der Waals surface area contributed by atoms with Gasteiger partial charge < -0.3 is 30.0 Å². The van der Waals surface area contributed by atoms with Crippen molar-refractivity contribution in [3.8, 4) is 0 Å². The Morgan fingerprint density at radius 1 is 0.818 bits per heavy atom. The van der Waals surface area contributed by atoms with Crippen LogP contribution in [0.1, 0.15) is 12.8 Å². The fourth-order valence-corrected chi connectivity index (χ4v) is 1.46. The zero-order chi connectivity index (χ0) is 16.5. The van der Waals surface area contributed by atoms with Crippen LogP contribution in [0.3, 0.4) is 0 Å². The molecule has 9 heteroatoms. The lowest BCUT2D eigenvalue weighted by Crippen LogP contribution is -2.26. The second-order valence-corrected chi connectivity index (χ2v) is 4.53. The molecule has 0 aliphatic rings. The number of nitrogens with one attached hydrogen (secondary N) is 2. The van der Waals surface area contributed by atoms with Crippen LogP contribution in [0.15, 0.2) is 0 Å². The molecular formula is C13H25ClN2O6. The first-order valence-electron chi connectivity index (χ1n) is 7.19. The van der Waals surface area contributed by atoms with E-state index in [0.717, 1.165) is 6.42 Å².